The van der Waals surface area contributed by atoms with Crippen LogP contribution in [0.1, 0.15) is 24.1 Å². The minimum absolute atomic E-state index is 0.203. The predicted octanol–water partition coefficient (Wildman–Crippen LogP) is 3.81. The molecule has 3 nitrogen and oxygen atoms in total. The Labute approximate surface area is 131 Å². The Balaban J connectivity index is 1.86. The molecule has 0 aromatic heterocycles. The van der Waals surface area contributed by atoms with E-state index in [4.69, 9.17) is 4.74 Å². The third-order valence-corrected chi connectivity index (χ3v) is 3.63. The van der Waals surface area contributed by atoms with E-state index in [1.807, 2.05) is 30.3 Å². The summed E-state index contributed by atoms with van der Waals surface area (Å²) in [5, 5.41) is 3.58. The van der Waals surface area contributed by atoms with Gasteiger partial charge in [0, 0.05) is 17.8 Å². The van der Waals surface area contributed by atoms with Crippen LogP contribution < -0.4 is 5.32 Å². The summed E-state index contributed by atoms with van der Waals surface area (Å²) < 4.78 is 5.53. The van der Waals surface area contributed by atoms with Gasteiger partial charge in [0.2, 0.25) is 5.90 Å². The average molecular weight is 292 g/mol. The molecule has 0 saturated heterocycles. The maximum absolute atomic E-state index is 5.53. The lowest BCUT2D eigenvalue weighted by molar-refractivity contribution is 0.350. The van der Waals surface area contributed by atoms with Crippen LogP contribution in [0.3, 0.4) is 0 Å². The molecule has 1 atom stereocenters. The fraction of sp³-hybridized carbons (Fsp3) is 0.211. The zero-order valence-corrected chi connectivity index (χ0v) is 12.7. The van der Waals surface area contributed by atoms with Gasteiger partial charge in [0.05, 0.1) is 6.54 Å². The van der Waals surface area contributed by atoms with Crippen LogP contribution in [-0.2, 0) is 4.74 Å². The minimum atomic E-state index is 0.203. The van der Waals surface area contributed by atoms with Crippen molar-refractivity contribution in [2.75, 3.05) is 13.2 Å². The third-order valence-electron chi connectivity index (χ3n) is 3.63. The van der Waals surface area contributed by atoms with E-state index in [1.165, 1.54) is 5.56 Å². The molecule has 3 heteroatoms. The summed E-state index contributed by atoms with van der Waals surface area (Å²) in [5.74, 6) is 0.701. The second-order valence-corrected chi connectivity index (χ2v) is 5.27. The average Bonchev–Trinajstić information content (AvgIpc) is 3.09. The molecular weight excluding hydrogens is 272 g/mol. The van der Waals surface area contributed by atoms with Gasteiger partial charge in [0.1, 0.15) is 6.61 Å². The Morgan fingerprint density at radius 1 is 1.09 bits per heavy atom. The maximum atomic E-state index is 5.53. The van der Waals surface area contributed by atoms with Crippen molar-refractivity contribution in [3.05, 3.63) is 77.9 Å². The van der Waals surface area contributed by atoms with Crippen molar-refractivity contribution in [3.63, 3.8) is 0 Å². The van der Waals surface area contributed by atoms with Crippen LogP contribution in [0.15, 0.2) is 71.7 Å². The smallest absolute Gasteiger partial charge is 0.210 e. The molecule has 112 valence electrons. The first-order valence-corrected chi connectivity index (χ1v) is 7.59. The Bertz CT molecular complexity index is 662. The molecule has 2 aromatic carbocycles. The van der Waals surface area contributed by atoms with Crippen LogP contribution in [0.2, 0.25) is 0 Å². The first-order valence-electron chi connectivity index (χ1n) is 7.59. The lowest BCUT2D eigenvalue weighted by Gasteiger charge is -2.19. The first kappa shape index (κ1) is 14.4. The fourth-order valence-electron chi connectivity index (χ4n) is 2.45. The van der Waals surface area contributed by atoms with E-state index in [9.17, 15) is 0 Å². The zero-order valence-electron chi connectivity index (χ0n) is 12.7. The zero-order chi connectivity index (χ0) is 15.2. The number of aliphatic imine (C=N–C) groups is 1. The SMILES string of the molecule is C[C@H](N/C(=C\C1=NCCO1)c1ccccc1)c1ccccc1. The minimum Gasteiger partial charge on any atom is -0.476 e. The van der Waals surface area contributed by atoms with E-state index in [1.54, 1.807) is 0 Å². The van der Waals surface area contributed by atoms with Gasteiger partial charge < -0.3 is 10.1 Å². The summed E-state index contributed by atoms with van der Waals surface area (Å²) in [7, 11) is 0. The van der Waals surface area contributed by atoms with E-state index in [0.29, 0.717) is 12.5 Å². The highest BCUT2D eigenvalue weighted by molar-refractivity contribution is 5.95. The monoisotopic (exact) mass is 292 g/mol. The number of nitrogens with zero attached hydrogens (tertiary/aromatic N) is 1. The Hall–Kier alpha value is -2.55. The molecule has 1 N–H and O–H groups in total. The molecule has 0 spiro atoms. The van der Waals surface area contributed by atoms with Crippen LogP contribution >= 0.6 is 0 Å². The highest BCUT2D eigenvalue weighted by Crippen LogP contribution is 2.19. The molecule has 1 heterocycles. The Morgan fingerprint density at radius 3 is 2.41 bits per heavy atom. The summed E-state index contributed by atoms with van der Waals surface area (Å²) in [6, 6.07) is 20.9. The van der Waals surface area contributed by atoms with E-state index in [2.05, 4.69) is 53.6 Å². The van der Waals surface area contributed by atoms with Crippen molar-refractivity contribution >= 4 is 11.6 Å². The van der Waals surface area contributed by atoms with Gasteiger partial charge >= 0.3 is 0 Å². The van der Waals surface area contributed by atoms with Gasteiger partial charge in [-0.3, -0.25) is 0 Å². The van der Waals surface area contributed by atoms with E-state index < -0.39 is 0 Å². The molecule has 0 saturated carbocycles. The van der Waals surface area contributed by atoms with Gasteiger partial charge in [-0.1, -0.05) is 60.7 Å². The summed E-state index contributed by atoms with van der Waals surface area (Å²) in [6.07, 6.45) is 1.99. The molecule has 1 aliphatic heterocycles. The molecular formula is C19H20N2O. The second-order valence-electron chi connectivity index (χ2n) is 5.27. The van der Waals surface area contributed by atoms with Crippen LogP contribution in [0, 0.1) is 0 Å². The van der Waals surface area contributed by atoms with Crippen LogP contribution in [-0.4, -0.2) is 19.0 Å². The number of nitrogens with one attached hydrogen (secondary N) is 1. The summed E-state index contributed by atoms with van der Waals surface area (Å²) in [6.45, 7) is 3.56. The van der Waals surface area contributed by atoms with Gasteiger partial charge in [-0.15, -0.1) is 0 Å². The number of ether oxygens (including phenoxy) is 1. The normalized spacial score (nSPS) is 15.9. The molecule has 0 fully saturated rings. The van der Waals surface area contributed by atoms with Gasteiger partial charge in [0.15, 0.2) is 0 Å². The molecule has 0 radical (unpaired) electrons. The maximum Gasteiger partial charge on any atom is 0.210 e. The molecule has 0 aliphatic carbocycles. The number of benzene rings is 2. The summed E-state index contributed by atoms with van der Waals surface area (Å²) in [4.78, 5) is 4.36. The van der Waals surface area contributed by atoms with Crippen molar-refractivity contribution in [3.8, 4) is 0 Å². The lowest BCUT2D eigenvalue weighted by atomic mass is 10.1. The Kier molecular flexibility index (Phi) is 4.54. The molecule has 0 bridgehead atoms. The second kappa shape index (κ2) is 6.94. The number of hydrogen-bond acceptors (Lipinski definition) is 3. The van der Waals surface area contributed by atoms with Gasteiger partial charge in [-0.05, 0) is 18.1 Å². The first-order chi connectivity index (χ1) is 10.8. The van der Waals surface area contributed by atoms with Crippen LogP contribution in [0.5, 0.6) is 0 Å². The summed E-state index contributed by atoms with van der Waals surface area (Å²) in [5.41, 5.74) is 3.40. The van der Waals surface area contributed by atoms with Gasteiger partial charge in [-0.25, -0.2) is 4.99 Å². The van der Waals surface area contributed by atoms with Gasteiger partial charge in [0.25, 0.3) is 0 Å². The lowest BCUT2D eigenvalue weighted by Crippen LogP contribution is -2.18. The molecule has 1 aliphatic rings. The van der Waals surface area contributed by atoms with Crippen molar-refractivity contribution in [2.45, 2.75) is 13.0 Å². The van der Waals surface area contributed by atoms with Crippen molar-refractivity contribution in [1.29, 1.82) is 0 Å². The van der Waals surface area contributed by atoms with Gasteiger partial charge in [-0.2, -0.15) is 0 Å². The number of rotatable bonds is 5. The Morgan fingerprint density at radius 2 is 1.77 bits per heavy atom. The van der Waals surface area contributed by atoms with Crippen molar-refractivity contribution < 1.29 is 4.74 Å². The molecule has 2 aromatic rings. The van der Waals surface area contributed by atoms with E-state index in [0.717, 1.165) is 17.8 Å². The van der Waals surface area contributed by atoms with E-state index in [-0.39, 0.29) is 6.04 Å². The summed E-state index contributed by atoms with van der Waals surface area (Å²) >= 11 is 0. The molecule has 3 rings (SSSR count). The van der Waals surface area contributed by atoms with Crippen molar-refractivity contribution in [1.82, 2.24) is 5.32 Å². The quantitative estimate of drug-likeness (QED) is 0.909. The highest BCUT2D eigenvalue weighted by atomic mass is 16.5. The molecule has 22 heavy (non-hydrogen) atoms. The number of hydrogen-bond donors (Lipinski definition) is 1. The highest BCUT2D eigenvalue weighted by Gasteiger charge is 2.11. The largest absolute Gasteiger partial charge is 0.476 e. The third kappa shape index (κ3) is 3.55. The standard InChI is InChI=1S/C19H20N2O/c1-15(16-8-4-2-5-9-16)21-18(14-19-20-12-13-22-19)17-10-6-3-7-11-17/h2-11,14-15,21H,12-13H2,1H3/b18-14-/t15-/m0/s1. The van der Waals surface area contributed by atoms with E-state index >= 15 is 0 Å². The topological polar surface area (TPSA) is 33.6 Å². The van der Waals surface area contributed by atoms with Crippen molar-refractivity contribution in [2.24, 2.45) is 4.99 Å². The molecule has 0 unspecified atom stereocenters. The van der Waals surface area contributed by atoms with Crippen LogP contribution in [0.25, 0.3) is 5.70 Å². The predicted molar refractivity (Wildman–Crippen MR) is 90.7 cm³/mol. The molecule has 0 amide bonds. The fourth-order valence-corrected chi connectivity index (χ4v) is 2.45. The van der Waals surface area contributed by atoms with Crippen LogP contribution in [0.4, 0.5) is 0 Å².